The minimum absolute atomic E-state index is 0.235. The summed E-state index contributed by atoms with van der Waals surface area (Å²) in [6, 6.07) is 6.35. The number of amidine groups is 1. The van der Waals surface area contributed by atoms with Crippen molar-refractivity contribution in [2.45, 2.75) is 6.92 Å². The van der Waals surface area contributed by atoms with Gasteiger partial charge in [0.05, 0.1) is 12.2 Å². The van der Waals surface area contributed by atoms with Crippen molar-refractivity contribution in [3.05, 3.63) is 30.1 Å². The third-order valence-corrected chi connectivity index (χ3v) is 2.29. The number of rotatable bonds is 1. The van der Waals surface area contributed by atoms with E-state index in [9.17, 15) is 4.39 Å². The SMILES string of the molecule is CC1CN(c2cccc(F)c2)N=C1N. The monoisotopic (exact) mass is 193 g/mol. The van der Waals surface area contributed by atoms with E-state index in [1.165, 1.54) is 12.1 Å². The largest absolute Gasteiger partial charge is 0.385 e. The Hall–Kier alpha value is -1.58. The van der Waals surface area contributed by atoms with Crippen LogP contribution in [0.25, 0.3) is 0 Å². The van der Waals surface area contributed by atoms with Crippen LogP contribution in [0.3, 0.4) is 0 Å². The summed E-state index contributed by atoms with van der Waals surface area (Å²) < 4.78 is 12.9. The Morgan fingerprint density at radius 1 is 1.57 bits per heavy atom. The van der Waals surface area contributed by atoms with Crippen molar-refractivity contribution in [1.29, 1.82) is 0 Å². The second-order valence-corrected chi connectivity index (χ2v) is 3.49. The maximum absolute atomic E-state index is 12.9. The van der Waals surface area contributed by atoms with Crippen LogP contribution in [0.1, 0.15) is 6.92 Å². The Balaban J connectivity index is 2.26. The molecule has 3 nitrogen and oxygen atoms in total. The van der Waals surface area contributed by atoms with Crippen molar-refractivity contribution in [2.24, 2.45) is 16.8 Å². The van der Waals surface area contributed by atoms with Gasteiger partial charge in [0.2, 0.25) is 0 Å². The fraction of sp³-hybridized carbons (Fsp3) is 0.300. The van der Waals surface area contributed by atoms with Gasteiger partial charge in [0.1, 0.15) is 11.7 Å². The Labute approximate surface area is 82.0 Å². The highest BCUT2D eigenvalue weighted by Crippen LogP contribution is 2.21. The lowest BCUT2D eigenvalue weighted by molar-refractivity contribution is 0.626. The molecule has 0 spiro atoms. The van der Waals surface area contributed by atoms with Gasteiger partial charge in [-0.2, -0.15) is 5.10 Å². The van der Waals surface area contributed by atoms with Crippen molar-refractivity contribution in [1.82, 2.24) is 0 Å². The minimum Gasteiger partial charge on any atom is -0.385 e. The van der Waals surface area contributed by atoms with Crippen LogP contribution in [0.4, 0.5) is 10.1 Å². The van der Waals surface area contributed by atoms with Crippen LogP contribution in [-0.2, 0) is 0 Å². The van der Waals surface area contributed by atoms with Crippen LogP contribution in [0.5, 0.6) is 0 Å². The first-order valence-electron chi connectivity index (χ1n) is 4.54. The summed E-state index contributed by atoms with van der Waals surface area (Å²) in [5.74, 6) is 0.586. The Morgan fingerprint density at radius 3 is 2.93 bits per heavy atom. The number of hydrazone groups is 1. The molecule has 2 N–H and O–H groups in total. The number of benzene rings is 1. The molecular formula is C10H12FN3. The summed E-state index contributed by atoms with van der Waals surface area (Å²) in [5, 5.41) is 5.87. The predicted molar refractivity (Wildman–Crippen MR) is 54.5 cm³/mol. The second-order valence-electron chi connectivity index (χ2n) is 3.49. The third kappa shape index (κ3) is 1.55. The van der Waals surface area contributed by atoms with Crippen molar-refractivity contribution in [3.63, 3.8) is 0 Å². The number of hydrogen-bond donors (Lipinski definition) is 1. The first kappa shape index (κ1) is 8.99. The molecule has 1 aromatic carbocycles. The molecule has 0 bridgehead atoms. The lowest BCUT2D eigenvalue weighted by atomic mass is 10.2. The molecule has 1 atom stereocenters. The Morgan fingerprint density at radius 2 is 2.36 bits per heavy atom. The van der Waals surface area contributed by atoms with E-state index < -0.39 is 0 Å². The van der Waals surface area contributed by atoms with Crippen LogP contribution in [-0.4, -0.2) is 12.4 Å². The zero-order chi connectivity index (χ0) is 10.1. The molecule has 14 heavy (non-hydrogen) atoms. The summed E-state index contributed by atoms with van der Waals surface area (Å²) in [6.07, 6.45) is 0. The normalized spacial score (nSPS) is 21.1. The van der Waals surface area contributed by atoms with E-state index >= 15 is 0 Å². The van der Waals surface area contributed by atoms with Crippen LogP contribution < -0.4 is 10.7 Å². The van der Waals surface area contributed by atoms with Gasteiger partial charge in [0.15, 0.2) is 0 Å². The van der Waals surface area contributed by atoms with Crippen molar-refractivity contribution in [2.75, 3.05) is 11.6 Å². The molecule has 0 amide bonds. The van der Waals surface area contributed by atoms with Crippen LogP contribution >= 0.6 is 0 Å². The molecule has 4 heteroatoms. The lowest BCUT2D eigenvalue weighted by Crippen LogP contribution is -2.20. The summed E-state index contributed by atoms with van der Waals surface area (Å²) >= 11 is 0. The predicted octanol–water partition coefficient (Wildman–Crippen LogP) is 1.55. The average Bonchev–Trinajstić information content (AvgIpc) is 2.47. The van der Waals surface area contributed by atoms with E-state index in [0.29, 0.717) is 5.84 Å². The Kier molecular flexibility index (Phi) is 2.11. The average molecular weight is 193 g/mol. The van der Waals surface area contributed by atoms with Gasteiger partial charge in [0, 0.05) is 5.92 Å². The van der Waals surface area contributed by atoms with E-state index in [4.69, 9.17) is 5.73 Å². The van der Waals surface area contributed by atoms with Gasteiger partial charge in [0.25, 0.3) is 0 Å². The molecule has 0 radical (unpaired) electrons. The van der Waals surface area contributed by atoms with Crippen molar-refractivity contribution in [3.8, 4) is 0 Å². The van der Waals surface area contributed by atoms with Gasteiger partial charge in [-0.3, -0.25) is 5.01 Å². The van der Waals surface area contributed by atoms with Crippen molar-refractivity contribution >= 4 is 11.5 Å². The van der Waals surface area contributed by atoms with Gasteiger partial charge in [-0.25, -0.2) is 4.39 Å². The van der Waals surface area contributed by atoms with Crippen molar-refractivity contribution < 1.29 is 4.39 Å². The maximum atomic E-state index is 12.9. The molecule has 0 aromatic heterocycles. The molecule has 1 unspecified atom stereocenters. The Bertz CT molecular complexity index is 375. The molecule has 0 fully saturated rings. The molecule has 1 heterocycles. The zero-order valence-corrected chi connectivity index (χ0v) is 7.94. The number of halogens is 1. The summed E-state index contributed by atoms with van der Waals surface area (Å²) in [7, 11) is 0. The fourth-order valence-corrected chi connectivity index (χ4v) is 1.43. The number of nitrogens with zero attached hydrogens (tertiary/aromatic N) is 2. The van der Waals surface area contributed by atoms with Crippen LogP contribution in [0, 0.1) is 11.7 Å². The van der Waals surface area contributed by atoms with E-state index in [0.717, 1.165) is 12.2 Å². The molecular weight excluding hydrogens is 181 g/mol. The summed E-state index contributed by atoms with van der Waals surface area (Å²) in [5.41, 5.74) is 6.41. The molecule has 0 aliphatic carbocycles. The first-order valence-corrected chi connectivity index (χ1v) is 4.54. The maximum Gasteiger partial charge on any atom is 0.125 e. The van der Waals surface area contributed by atoms with Gasteiger partial charge >= 0.3 is 0 Å². The quantitative estimate of drug-likeness (QED) is 0.735. The first-order chi connectivity index (χ1) is 6.66. The highest BCUT2D eigenvalue weighted by molar-refractivity contribution is 5.86. The molecule has 1 aliphatic rings. The van der Waals surface area contributed by atoms with Gasteiger partial charge in [-0.15, -0.1) is 0 Å². The number of nitrogens with two attached hydrogens (primary N) is 1. The smallest absolute Gasteiger partial charge is 0.125 e. The minimum atomic E-state index is -0.254. The van der Waals surface area contributed by atoms with E-state index in [1.807, 2.05) is 13.0 Å². The molecule has 74 valence electrons. The summed E-state index contributed by atoms with van der Waals surface area (Å²) in [6.45, 7) is 2.72. The number of hydrogen-bond acceptors (Lipinski definition) is 3. The van der Waals surface area contributed by atoms with E-state index in [1.54, 1.807) is 11.1 Å². The van der Waals surface area contributed by atoms with E-state index in [2.05, 4.69) is 5.10 Å². The van der Waals surface area contributed by atoms with Crippen LogP contribution in [0.2, 0.25) is 0 Å². The number of anilines is 1. The van der Waals surface area contributed by atoms with Gasteiger partial charge < -0.3 is 5.73 Å². The summed E-state index contributed by atoms with van der Waals surface area (Å²) in [4.78, 5) is 0. The molecule has 2 rings (SSSR count). The lowest BCUT2D eigenvalue weighted by Gasteiger charge is -2.13. The standard InChI is InChI=1S/C10H12FN3/c1-7-6-14(13-10(7)12)9-4-2-3-8(11)5-9/h2-5,7H,6H2,1H3,(H2,12,13). The van der Waals surface area contributed by atoms with Crippen LogP contribution in [0.15, 0.2) is 29.4 Å². The fourth-order valence-electron chi connectivity index (χ4n) is 1.43. The zero-order valence-electron chi connectivity index (χ0n) is 7.94. The second kappa shape index (κ2) is 3.29. The topological polar surface area (TPSA) is 41.6 Å². The highest BCUT2D eigenvalue weighted by atomic mass is 19.1. The van der Waals surface area contributed by atoms with Gasteiger partial charge in [-0.05, 0) is 18.2 Å². The molecule has 1 aromatic rings. The molecule has 1 aliphatic heterocycles. The molecule has 0 saturated heterocycles. The van der Waals surface area contributed by atoms with Gasteiger partial charge in [-0.1, -0.05) is 13.0 Å². The molecule has 0 saturated carbocycles. The third-order valence-electron chi connectivity index (χ3n) is 2.29. The highest BCUT2D eigenvalue weighted by Gasteiger charge is 2.21. The van der Waals surface area contributed by atoms with E-state index in [-0.39, 0.29) is 11.7 Å².